The molecule has 1 heterocycles. The van der Waals surface area contributed by atoms with E-state index in [1.165, 1.54) is 0 Å². The summed E-state index contributed by atoms with van der Waals surface area (Å²) in [6, 6.07) is -0.266. The largest absolute Gasteiger partial charge is 0.381 e. The van der Waals surface area contributed by atoms with Crippen LogP contribution < -0.4 is 5.73 Å². The lowest BCUT2D eigenvalue weighted by atomic mass is 9.88. The molecule has 1 aliphatic rings. The van der Waals surface area contributed by atoms with E-state index >= 15 is 0 Å². The number of ether oxygens (including phenoxy) is 1. The summed E-state index contributed by atoms with van der Waals surface area (Å²) < 4.78 is 5.27. The molecule has 1 fully saturated rings. The van der Waals surface area contributed by atoms with E-state index in [1.54, 1.807) is 0 Å². The van der Waals surface area contributed by atoms with E-state index in [4.69, 9.17) is 10.5 Å². The second kappa shape index (κ2) is 6.23. The first-order valence-corrected chi connectivity index (χ1v) is 6.01. The van der Waals surface area contributed by atoms with Gasteiger partial charge in [-0.15, -0.1) is 0 Å². The third-order valence-electron chi connectivity index (χ3n) is 3.46. The normalized spacial score (nSPS) is 22.3. The molecule has 0 aliphatic carbocycles. The molecule has 0 aromatic rings. The van der Waals surface area contributed by atoms with Crippen LogP contribution in [0.1, 0.15) is 39.5 Å². The van der Waals surface area contributed by atoms with Crippen LogP contribution in [0.5, 0.6) is 0 Å². The highest BCUT2D eigenvalue weighted by Crippen LogP contribution is 2.20. The zero-order valence-electron chi connectivity index (χ0n) is 9.87. The molecule has 1 saturated heterocycles. The number of nitrogens with two attached hydrogens (primary N) is 1. The number of hydrogen-bond donors (Lipinski definition) is 1. The Morgan fingerprint density at radius 3 is 2.60 bits per heavy atom. The Hall–Kier alpha value is -0.410. The Morgan fingerprint density at radius 1 is 1.47 bits per heavy atom. The Balaban J connectivity index is 2.33. The molecule has 1 aliphatic heterocycles. The van der Waals surface area contributed by atoms with Gasteiger partial charge < -0.3 is 10.5 Å². The fourth-order valence-corrected chi connectivity index (χ4v) is 1.94. The zero-order chi connectivity index (χ0) is 11.3. The molecule has 0 saturated carbocycles. The van der Waals surface area contributed by atoms with Crippen molar-refractivity contribution in [2.75, 3.05) is 13.2 Å². The van der Waals surface area contributed by atoms with E-state index in [9.17, 15) is 4.79 Å². The summed E-state index contributed by atoms with van der Waals surface area (Å²) in [6.45, 7) is 5.73. The molecule has 2 atom stereocenters. The van der Waals surface area contributed by atoms with E-state index in [-0.39, 0.29) is 11.8 Å². The molecule has 0 bridgehead atoms. The second-order valence-corrected chi connectivity index (χ2v) is 4.64. The SMILES string of the molecule is CCC(C)C(N)C(=O)CC1CCOCC1. The van der Waals surface area contributed by atoms with Gasteiger partial charge in [0.25, 0.3) is 0 Å². The van der Waals surface area contributed by atoms with E-state index < -0.39 is 0 Å². The smallest absolute Gasteiger partial charge is 0.150 e. The van der Waals surface area contributed by atoms with Crippen LogP contribution >= 0.6 is 0 Å². The monoisotopic (exact) mass is 213 g/mol. The van der Waals surface area contributed by atoms with Crippen molar-refractivity contribution in [3.05, 3.63) is 0 Å². The maximum absolute atomic E-state index is 11.8. The van der Waals surface area contributed by atoms with Crippen LogP contribution in [-0.2, 0) is 9.53 Å². The summed E-state index contributed by atoms with van der Waals surface area (Å²) in [6.07, 6.45) is 3.65. The number of carbonyl (C=O) groups excluding carboxylic acids is 1. The Morgan fingerprint density at radius 2 is 2.07 bits per heavy atom. The van der Waals surface area contributed by atoms with Crippen molar-refractivity contribution in [3.63, 3.8) is 0 Å². The van der Waals surface area contributed by atoms with Crippen molar-refractivity contribution in [3.8, 4) is 0 Å². The highest BCUT2D eigenvalue weighted by atomic mass is 16.5. The summed E-state index contributed by atoms with van der Waals surface area (Å²) in [5.41, 5.74) is 5.91. The predicted molar refractivity (Wildman–Crippen MR) is 60.6 cm³/mol. The summed E-state index contributed by atoms with van der Waals surface area (Å²) in [4.78, 5) is 11.8. The summed E-state index contributed by atoms with van der Waals surface area (Å²) in [5, 5.41) is 0. The highest BCUT2D eigenvalue weighted by molar-refractivity contribution is 5.84. The van der Waals surface area contributed by atoms with Gasteiger partial charge in [0.2, 0.25) is 0 Å². The summed E-state index contributed by atoms with van der Waals surface area (Å²) >= 11 is 0. The van der Waals surface area contributed by atoms with Gasteiger partial charge in [-0.05, 0) is 24.7 Å². The van der Waals surface area contributed by atoms with Crippen LogP contribution in [0.3, 0.4) is 0 Å². The molecule has 2 unspecified atom stereocenters. The number of ketones is 1. The van der Waals surface area contributed by atoms with Gasteiger partial charge in [0.15, 0.2) is 0 Å². The molecule has 0 aromatic carbocycles. The number of rotatable bonds is 5. The minimum absolute atomic E-state index is 0.233. The Kier molecular flexibility index (Phi) is 5.26. The van der Waals surface area contributed by atoms with Crippen LogP contribution in [0.25, 0.3) is 0 Å². The van der Waals surface area contributed by atoms with Gasteiger partial charge >= 0.3 is 0 Å². The minimum atomic E-state index is -0.266. The molecule has 0 radical (unpaired) electrons. The fourth-order valence-electron chi connectivity index (χ4n) is 1.94. The Labute approximate surface area is 92.4 Å². The third kappa shape index (κ3) is 3.92. The van der Waals surface area contributed by atoms with Crippen molar-refractivity contribution >= 4 is 5.78 Å². The van der Waals surface area contributed by atoms with Crippen molar-refractivity contribution in [2.45, 2.75) is 45.6 Å². The fraction of sp³-hybridized carbons (Fsp3) is 0.917. The maximum Gasteiger partial charge on any atom is 0.150 e. The predicted octanol–water partition coefficient (Wildman–Crippen LogP) is 1.75. The Bertz CT molecular complexity index is 200. The first kappa shape index (κ1) is 12.7. The van der Waals surface area contributed by atoms with Gasteiger partial charge in [0, 0.05) is 19.6 Å². The third-order valence-corrected chi connectivity index (χ3v) is 3.46. The summed E-state index contributed by atoms with van der Waals surface area (Å²) in [5.74, 6) is 1.04. The van der Waals surface area contributed by atoms with E-state index in [1.807, 2.05) is 6.92 Å². The molecule has 1 rings (SSSR count). The first-order valence-electron chi connectivity index (χ1n) is 6.01. The van der Waals surface area contributed by atoms with E-state index in [0.29, 0.717) is 18.3 Å². The molecule has 2 N–H and O–H groups in total. The second-order valence-electron chi connectivity index (χ2n) is 4.64. The average molecular weight is 213 g/mol. The lowest BCUT2D eigenvalue weighted by Gasteiger charge is -2.24. The summed E-state index contributed by atoms with van der Waals surface area (Å²) in [7, 11) is 0. The average Bonchev–Trinajstić information content (AvgIpc) is 2.28. The van der Waals surface area contributed by atoms with Gasteiger partial charge in [-0.25, -0.2) is 0 Å². The van der Waals surface area contributed by atoms with Crippen molar-refractivity contribution in [1.29, 1.82) is 0 Å². The molecule has 3 heteroatoms. The molecule has 15 heavy (non-hydrogen) atoms. The standard InChI is InChI=1S/C12H23NO2/c1-3-9(2)12(13)11(14)8-10-4-6-15-7-5-10/h9-10,12H,3-8,13H2,1-2H3. The molecular formula is C12H23NO2. The highest BCUT2D eigenvalue weighted by Gasteiger charge is 2.23. The topological polar surface area (TPSA) is 52.3 Å². The molecular weight excluding hydrogens is 190 g/mol. The molecule has 0 aromatic heterocycles. The zero-order valence-corrected chi connectivity index (χ0v) is 9.87. The molecule has 0 spiro atoms. The van der Waals surface area contributed by atoms with Gasteiger partial charge in [0.05, 0.1) is 6.04 Å². The maximum atomic E-state index is 11.8. The molecule has 0 amide bonds. The number of Topliss-reactive ketones (excluding diaryl/α,β-unsaturated/α-hetero) is 1. The van der Waals surface area contributed by atoms with Crippen LogP contribution in [0.15, 0.2) is 0 Å². The van der Waals surface area contributed by atoms with Crippen molar-refractivity contribution in [2.24, 2.45) is 17.6 Å². The van der Waals surface area contributed by atoms with Crippen LogP contribution in [-0.4, -0.2) is 25.0 Å². The number of carbonyl (C=O) groups is 1. The first-order chi connectivity index (χ1) is 7.15. The van der Waals surface area contributed by atoms with Gasteiger partial charge in [-0.2, -0.15) is 0 Å². The minimum Gasteiger partial charge on any atom is -0.381 e. The lowest BCUT2D eigenvalue weighted by Crippen LogP contribution is -2.38. The quantitative estimate of drug-likeness (QED) is 0.757. The van der Waals surface area contributed by atoms with Gasteiger partial charge in [0.1, 0.15) is 5.78 Å². The van der Waals surface area contributed by atoms with E-state index in [2.05, 4.69) is 6.92 Å². The van der Waals surface area contributed by atoms with Crippen LogP contribution in [0, 0.1) is 11.8 Å². The molecule has 88 valence electrons. The van der Waals surface area contributed by atoms with Crippen LogP contribution in [0.2, 0.25) is 0 Å². The lowest BCUT2D eigenvalue weighted by molar-refractivity contribution is -0.122. The molecule has 3 nitrogen and oxygen atoms in total. The van der Waals surface area contributed by atoms with Crippen molar-refractivity contribution in [1.82, 2.24) is 0 Å². The van der Waals surface area contributed by atoms with Gasteiger partial charge in [-0.1, -0.05) is 20.3 Å². The number of hydrogen-bond acceptors (Lipinski definition) is 3. The van der Waals surface area contributed by atoms with Gasteiger partial charge in [-0.3, -0.25) is 4.79 Å². The van der Waals surface area contributed by atoms with E-state index in [0.717, 1.165) is 32.5 Å². The van der Waals surface area contributed by atoms with Crippen molar-refractivity contribution < 1.29 is 9.53 Å². The van der Waals surface area contributed by atoms with Crippen LogP contribution in [0.4, 0.5) is 0 Å².